The summed E-state index contributed by atoms with van der Waals surface area (Å²) in [5, 5.41) is 17.4. The summed E-state index contributed by atoms with van der Waals surface area (Å²) in [6.45, 7) is 1.94. The molecule has 0 saturated heterocycles. The molecule has 0 unspecified atom stereocenters. The van der Waals surface area contributed by atoms with Gasteiger partial charge in [-0.1, -0.05) is 23.5 Å². The van der Waals surface area contributed by atoms with Gasteiger partial charge in [0.1, 0.15) is 11.6 Å². The van der Waals surface area contributed by atoms with Crippen molar-refractivity contribution < 1.29 is 9.53 Å². The van der Waals surface area contributed by atoms with Crippen LogP contribution in [-0.4, -0.2) is 27.8 Å². The second kappa shape index (κ2) is 6.97. The maximum absolute atomic E-state index is 12.5. The van der Waals surface area contributed by atoms with Gasteiger partial charge in [0, 0.05) is 17.9 Å². The Bertz CT molecular complexity index is 1330. The molecule has 1 aliphatic heterocycles. The Labute approximate surface area is 176 Å². The minimum Gasteiger partial charge on any atom is -0.497 e. The third kappa shape index (κ3) is 2.91. The number of amides is 1. The summed E-state index contributed by atoms with van der Waals surface area (Å²) >= 11 is 1.49. The van der Waals surface area contributed by atoms with E-state index in [1.165, 1.54) is 11.3 Å². The minimum absolute atomic E-state index is 0.0687. The number of methoxy groups -OCH3 is 1. The number of ether oxygens (including phenoxy) is 1. The van der Waals surface area contributed by atoms with Gasteiger partial charge < -0.3 is 10.1 Å². The zero-order valence-corrected chi connectivity index (χ0v) is 17.2. The minimum atomic E-state index is -0.121. The van der Waals surface area contributed by atoms with Gasteiger partial charge in [0.25, 0.3) is 0 Å². The first kappa shape index (κ1) is 18.3. The first-order valence-corrected chi connectivity index (χ1v) is 10.2. The Hall–Kier alpha value is -3.70. The number of nitrogens with one attached hydrogen (secondary N) is 1. The maximum Gasteiger partial charge on any atom is 0.226 e. The molecule has 0 radical (unpaired) electrons. The second-order valence-electron chi connectivity index (χ2n) is 7.13. The van der Waals surface area contributed by atoms with Crippen LogP contribution in [-0.2, 0) is 4.79 Å². The molecule has 1 atom stereocenters. The standard InChI is InChI=1S/C22H17N5O2S/c1-12-20-16(14-5-3-13(11-23)4-6-14)10-19(28)25-21(20)27(26-12)22-24-17-8-7-15(29-2)9-18(17)30-22/h3-9,16H,10H2,1-2H3,(H,25,28)/t16-/m0/s1. The van der Waals surface area contributed by atoms with E-state index in [4.69, 9.17) is 20.1 Å². The molecular weight excluding hydrogens is 398 g/mol. The molecule has 2 aromatic carbocycles. The second-order valence-corrected chi connectivity index (χ2v) is 8.14. The number of hydrogen-bond donors (Lipinski definition) is 1. The van der Waals surface area contributed by atoms with Crippen LogP contribution in [0.3, 0.4) is 0 Å². The van der Waals surface area contributed by atoms with Gasteiger partial charge in [-0.2, -0.15) is 15.0 Å². The zero-order valence-electron chi connectivity index (χ0n) is 16.3. The van der Waals surface area contributed by atoms with E-state index in [0.717, 1.165) is 32.8 Å². The molecule has 1 aliphatic rings. The van der Waals surface area contributed by atoms with Crippen molar-refractivity contribution >= 4 is 33.3 Å². The number of carbonyl (C=O) groups is 1. The van der Waals surface area contributed by atoms with Crippen molar-refractivity contribution in [2.75, 3.05) is 12.4 Å². The molecule has 2 aromatic heterocycles. The van der Waals surface area contributed by atoms with Gasteiger partial charge in [-0.25, -0.2) is 4.98 Å². The van der Waals surface area contributed by atoms with E-state index in [1.54, 1.807) is 23.9 Å². The molecule has 30 heavy (non-hydrogen) atoms. The molecular formula is C22H17N5O2S. The number of rotatable bonds is 3. The summed E-state index contributed by atoms with van der Waals surface area (Å²) in [6.07, 6.45) is 0.336. The van der Waals surface area contributed by atoms with Gasteiger partial charge in [0.2, 0.25) is 11.0 Å². The molecule has 0 saturated carbocycles. The number of fused-ring (bicyclic) bond motifs is 2. The van der Waals surface area contributed by atoms with Crippen molar-refractivity contribution in [3.05, 3.63) is 64.8 Å². The first-order valence-electron chi connectivity index (χ1n) is 9.41. The highest BCUT2D eigenvalue weighted by Gasteiger charge is 2.33. The van der Waals surface area contributed by atoms with E-state index in [1.807, 2.05) is 37.3 Å². The fraction of sp³-hybridized carbons (Fsp3) is 0.182. The van der Waals surface area contributed by atoms with Gasteiger partial charge in [0.05, 0.1) is 34.7 Å². The molecule has 5 rings (SSSR count). The van der Waals surface area contributed by atoms with Crippen LogP contribution < -0.4 is 10.1 Å². The van der Waals surface area contributed by atoms with Crippen LogP contribution in [0.15, 0.2) is 42.5 Å². The fourth-order valence-corrected chi connectivity index (χ4v) is 4.82. The number of aromatic nitrogens is 3. The van der Waals surface area contributed by atoms with Crippen LogP contribution in [0.2, 0.25) is 0 Å². The lowest BCUT2D eigenvalue weighted by atomic mass is 9.85. The van der Waals surface area contributed by atoms with Crippen molar-refractivity contribution in [3.8, 4) is 17.0 Å². The molecule has 148 valence electrons. The lowest BCUT2D eigenvalue weighted by Gasteiger charge is -2.24. The summed E-state index contributed by atoms with van der Waals surface area (Å²) in [5.41, 5.74) is 4.26. The van der Waals surface area contributed by atoms with Crippen molar-refractivity contribution in [1.29, 1.82) is 5.26 Å². The Kier molecular flexibility index (Phi) is 4.26. The molecule has 8 heteroatoms. The van der Waals surface area contributed by atoms with Crippen LogP contribution in [0.1, 0.15) is 34.7 Å². The number of nitrogens with zero attached hydrogens (tertiary/aromatic N) is 4. The first-order chi connectivity index (χ1) is 14.6. The molecule has 1 N–H and O–H groups in total. The number of carbonyl (C=O) groups excluding carboxylic acids is 1. The number of benzene rings is 2. The van der Waals surface area contributed by atoms with Gasteiger partial charge >= 0.3 is 0 Å². The Morgan fingerprint density at radius 3 is 2.80 bits per heavy atom. The largest absolute Gasteiger partial charge is 0.497 e. The van der Waals surface area contributed by atoms with Crippen LogP contribution in [0.5, 0.6) is 5.75 Å². The van der Waals surface area contributed by atoms with Crippen LogP contribution in [0.25, 0.3) is 15.3 Å². The van der Waals surface area contributed by atoms with Crippen molar-refractivity contribution in [1.82, 2.24) is 14.8 Å². The average molecular weight is 415 g/mol. The molecule has 0 aliphatic carbocycles. The molecule has 4 aromatic rings. The molecule has 0 bridgehead atoms. The summed E-state index contributed by atoms with van der Waals surface area (Å²) in [7, 11) is 1.63. The SMILES string of the molecule is COc1ccc2nc(-n3nc(C)c4c3NC(=O)C[C@H]4c3ccc(C#N)cc3)sc2c1. The van der Waals surface area contributed by atoms with Crippen molar-refractivity contribution in [2.24, 2.45) is 0 Å². The van der Waals surface area contributed by atoms with Gasteiger partial charge in [-0.05, 0) is 42.8 Å². The predicted octanol–water partition coefficient (Wildman–Crippen LogP) is 4.14. The molecule has 0 spiro atoms. The Morgan fingerprint density at radius 2 is 2.07 bits per heavy atom. The summed E-state index contributed by atoms with van der Waals surface area (Å²) in [5.74, 6) is 1.24. The van der Waals surface area contributed by atoms with Gasteiger partial charge in [-0.3, -0.25) is 4.79 Å². The normalized spacial score (nSPS) is 15.5. The maximum atomic E-state index is 12.5. The Balaban J connectivity index is 1.63. The van der Waals surface area contributed by atoms with E-state index >= 15 is 0 Å². The third-order valence-corrected chi connectivity index (χ3v) is 6.30. The molecule has 0 fully saturated rings. The van der Waals surface area contributed by atoms with E-state index in [2.05, 4.69) is 11.4 Å². The van der Waals surface area contributed by atoms with Crippen molar-refractivity contribution in [3.63, 3.8) is 0 Å². The zero-order chi connectivity index (χ0) is 20.8. The number of hydrogen-bond acceptors (Lipinski definition) is 6. The summed E-state index contributed by atoms with van der Waals surface area (Å²) in [4.78, 5) is 17.2. The quantitative estimate of drug-likeness (QED) is 0.543. The molecule has 7 nitrogen and oxygen atoms in total. The van der Waals surface area contributed by atoms with Crippen molar-refractivity contribution in [2.45, 2.75) is 19.3 Å². The lowest BCUT2D eigenvalue weighted by molar-refractivity contribution is -0.116. The third-order valence-electron chi connectivity index (χ3n) is 5.31. The van der Waals surface area contributed by atoms with Crippen LogP contribution in [0, 0.1) is 18.3 Å². The number of thiazole rings is 1. The number of anilines is 1. The Morgan fingerprint density at radius 1 is 1.27 bits per heavy atom. The monoisotopic (exact) mass is 415 g/mol. The van der Waals surface area contributed by atoms with Gasteiger partial charge in [-0.15, -0.1) is 0 Å². The van der Waals surface area contributed by atoms with Crippen LogP contribution >= 0.6 is 11.3 Å². The highest BCUT2D eigenvalue weighted by atomic mass is 32.1. The van der Waals surface area contributed by atoms with E-state index in [9.17, 15) is 4.79 Å². The topological polar surface area (TPSA) is 92.8 Å². The number of aryl methyl sites for hydroxylation is 1. The fourth-order valence-electron chi connectivity index (χ4n) is 3.87. The van der Waals surface area contributed by atoms with E-state index in [-0.39, 0.29) is 11.8 Å². The smallest absolute Gasteiger partial charge is 0.226 e. The van der Waals surface area contributed by atoms with Gasteiger partial charge in [0.15, 0.2) is 0 Å². The van der Waals surface area contributed by atoms with E-state index < -0.39 is 0 Å². The molecule has 3 heterocycles. The molecule has 1 amide bonds. The highest BCUT2D eigenvalue weighted by molar-refractivity contribution is 7.20. The summed E-state index contributed by atoms with van der Waals surface area (Å²) in [6, 6.07) is 15.2. The average Bonchev–Trinajstić information content (AvgIpc) is 3.33. The van der Waals surface area contributed by atoms with Crippen LogP contribution in [0.4, 0.5) is 5.82 Å². The summed E-state index contributed by atoms with van der Waals surface area (Å²) < 4.78 is 8.01. The van der Waals surface area contributed by atoms with E-state index in [0.29, 0.717) is 22.9 Å². The lowest BCUT2D eigenvalue weighted by Crippen LogP contribution is -2.24. The number of nitriles is 1. The highest BCUT2D eigenvalue weighted by Crippen LogP contribution is 2.41. The predicted molar refractivity (Wildman–Crippen MR) is 114 cm³/mol.